The van der Waals surface area contributed by atoms with Crippen LogP contribution in [0.15, 0.2) is 24.3 Å². The summed E-state index contributed by atoms with van der Waals surface area (Å²) in [5.74, 6) is 0.429. The largest absolute Gasteiger partial charge is 0.355 e. The van der Waals surface area contributed by atoms with E-state index >= 15 is 0 Å². The topological polar surface area (TPSA) is 84.2 Å². The fourth-order valence-electron chi connectivity index (χ4n) is 1.76. The monoisotopic (exact) mass is 281 g/mol. The van der Waals surface area contributed by atoms with Gasteiger partial charge in [-0.2, -0.15) is 12.6 Å². The van der Waals surface area contributed by atoms with Crippen molar-refractivity contribution in [1.29, 1.82) is 0 Å². The average Bonchev–Trinajstić information content (AvgIpc) is 2.35. The van der Waals surface area contributed by atoms with Gasteiger partial charge in [0.15, 0.2) is 0 Å². The van der Waals surface area contributed by atoms with E-state index in [2.05, 4.69) is 23.3 Å². The van der Waals surface area contributed by atoms with E-state index in [1.54, 1.807) is 0 Å². The first-order valence-electron chi connectivity index (χ1n) is 6.03. The highest BCUT2D eigenvalue weighted by molar-refractivity contribution is 7.80. The Hall–Kier alpha value is -1.69. The first-order valence-corrected chi connectivity index (χ1v) is 6.66. The molecule has 1 aromatic carbocycles. The lowest BCUT2D eigenvalue weighted by Gasteiger charge is -2.18. The van der Waals surface area contributed by atoms with Crippen LogP contribution in [-0.4, -0.2) is 24.2 Å². The van der Waals surface area contributed by atoms with Gasteiger partial charge in [0.05, 0.1) is 12.5 Å². The second-order valence-corrected chi connectivity index (χ2v) is 4.70. The maximum atomic E-state index is 11.7. The molecule has 0 bridgehead atoms. The lowest BCUT2D eigenvalue weighted by atomic mass is 10.0. The molecule has 6 heteroatoms. The number of thiol groups is 1. The molecule has 5 nitrogen and oxygen atoms in total. The minimum absolute atomic E-state index is 0.144. The molecule has 0 saturated heterocycles. The molecule has 1 atom stereocenters. The Morgan fingerprint density at radius 3 is 2.74 bits per heavy atom. The summed E-state index contributed by atoms with van der Waals surface area (Å²) in [5, 5.41) is 5.30. The summed E-state index contributed by atoms with van der Waals surface area (Å²) in [6, 6.07) is 6.55. The van der Waals surface area contributed by atoms with Gasteiger partial charge in [0.2, 0.25) is 5.91 Å². The highest BCUT2D eigenvalue weighted by Gasteiger charge is 2.17. The number of urea groups is 1. The van der Waals surface area contributed by atoms with Gasteiger partial charge < -0.3 is 16.4 Å². The van der Waals surface area contributed by atoms with E-state index < -0.39 is 12.1 Å². The van der Waals surface area contributed by atoms with Crippen LogP contribution in [0.2, 0.25) is 0 Å². The van der Waals surface area contributed by atoms with Crippen molar-refractivity contribution >= 4 is 24.6 Å². The summed E-state index contributed by atoms with van der Waals surface area (Å²) in [6.07, 6.45) is 0.153. The minimum Gasteiger partial charge on any atom is -0.355 e. The van der Waals surface area contributed by atoms with Crippen LogP contribution in [0, 0.1) is 6.92 Å². The molecule has 4 N–H and O–H groups in total. The molecular formula is C13H19N3O2S. The number of primary amides is 1. The van der Waals surface area contributed by atoms with Crippen molar-refractivity contribution in [3.05, 3.63) is 35.4 Å². The van der Waals surface area contributed by atoms with Crippen molar-refractivity contribution in [3.8, 4) is 0 Å². The molecule has 0 heterocycles. The standard InChI is InChI=1S/C13H19N3O2S/c1-9-3-2-4-10(7-9)11(16-13(14)18)8-12(17)15-5-6-19/h2-4,7,11,19H,5-6,8H2,1H3,(H,15,17)(H3,14,16,18). The second-order valence-electron chi connectivity index (χ2n) is 4.25. The summed E-state index contributed by atoms with van der Waals surface area (Å²) >= 11 is 4.02. The van der Waals surface area contributed by atoms with Crippen LogP contribution in [0.1, 0.15) is 23.6 Å². The van der Waals surface area contributed by atoms with E-state index in [4.69, 9.17) is 5.73 Å². The van der Waals surface area contributed by atoms with Crippen LogP contribution in [0.3, 0.4) is 0 Å². The first-order chi connectivity index (χ1) is 9.02. The van der Waals surface area contributed by atoms with Crippen LogP contribution in [0.5, 0.6) is 0 Å². The zero-order chi connectivity index (χ0) is 14.3. The van der Waals surface area contributed by atoms with Gasteiger partial charge in [-0.25, -0.2) is 4.79 Å². The number of aryl methyl sites for hydroxylation is 1. The minimum atomic E-state index is -0.645. The number of carbonyl (C=O) groups excluding carboxylic acids is 2. The molecule has 0 fully saturated rings. The Bertz CT molecular complexity index is 451. The van der Waals surface area contributed by atoms with Crippen LogP contribution >= 0.6 is 12.6 Å². The summed E-state index contributed by atoms with van der Waals surface area (Å²) in [5.41, 5.74) is 7.07. The van der Waals surface area contributed by atoms with Crippen molar-refractivity contribution in [3.63, 3.8) is 0 Å². The van der Waals surface area contributed by atoms with E-state index in [1.165, 1.54) is 0 Å². The summed E-state index contributed by atoms with van der Waals surface area (Å²) in [4.78, 5) is 22.7. The van der Waals surface area contributed by atoms with Gasteiger partial charge >= 0.3 is 6.03 Å². The van der Waals surface area contributed by atoms with Gasteiger partial charge in [-0.1, -0.05) is 29.8 Å². The zero-order valence-corrected chi connectivity index (χ0v) is 11.7. The Labute approximate surface area is 118 Å². The van der Waals surface area contributed by atoms with Crippen molar-refractivity contribution in [2.45, 2.75) is 19.4 Å². The maximum absolute atomic E-state index is 11.7. The summed E-state index contributed by atoms with van der Waals surface area (Å²) in [7, 11) is 0. The molecule has 0 aliphatic heterocycles. The summed E-state index contributed by atoms with van der Waals surface area (Å²) < 4.78 is 0. The average molecular weight is 281 g/mol. The Morgan fingerprint density at radius 2 is 2.16 bits per heavy atom. The van der Waals surface area contributed by atoms with Gasteiger partial charge in [-0.15, -0.1) is 0 Å². The molecular weight excluding hydrogens is 262 g/mol. The van der Waals surface area contributed by atoms with E-state index in [1.807, 2.05) is 31.2 Å². The number of nitrogens with two attached hydrogens (primary N) is 1. The van der Waals surface area contributed by atoms with Crippen LogP contribution in [0.25, 0.3) is 0 Å². The second kappa shape index (κ2) is 7.68. The molecule has 104 valence electrons. The maximum Gasteiger partial charge on any atom is 0.312 e. The molecule has 1 rings (SSSR count). The normalized spacial score (nSPS) is 11.7. The molecule has 19 heavy (non-hydrogen) atoms. The quantitative estimate of drug-likeness (QED) is 0.590. The highest BCUT2D eigenvalue weighted by atomic mass is 32.1. The lowest BCUT2D eigenvalue weighted by molar-refractivity contribution is -0.121. The van der Waals surface area contributed by atoms with Crippen molar-refractivity contribution in [2.24, 2.45) is 5.73 Å². The molecule has 0 radical (unpaired) electrons. The van der Waals surface area contributed by atoms with Gasteiger partial charge in [-0.05, 0) is 12.5 Å². The number of rotatable bonds is 6. The fraction of sp³-hybridized carbons (Fsp3) is 0.385. The molecule has 1 unspecified atom stereocenters. The Kier molecular flexibility index (Phi) is 6.21. The molecule has 0 saturated carbocycles. The fourth-order valence-corrected chi connectivity index (χ4v) is 1.88. The van der Waals surface area contributed by atoms with Crippen molar-refractivity contribution < 1.29 is 9.59 Å². The number of hydrogen-bond acceptors (Lipinski definition) is 3. The predicted molar refractivity (Wildman–Crippen MR) is 78.1 cm³/mol. The van der Waals surface area contributed by atoms with Gasteiger partial charge in [0.1, 0.15) is 0 Å². The van der Waals surface area contributed by atoms with Crippen molar-refractivity contribution in [1.82, 2.24) is 10.6 Å². The predicted octanol–water partition coefficient (Wildman–Crippen LogP) is 1.14. The molecule has 0 aliphatic carbocycles. The third kappa shape index (κ3) is 5.65. The highest BCUT2D eigenvalue weighted by Crippen LogP contribution is 2.17. The van der Waals surface area contributed by atoms with Crippen LogP contribution in [0.4, 0.5) is 4.79 Å². The number of hydrogen-bond donors (Lipinski definition) is 4. The van der Waals surface area contributed by atoms with Crippen molar-refractivity contribution in [2.75, 3.05) is 12.3 Å². The number of benzene rings is 1. The van der Waals surface area contributed by atoms with E-state index in [0.29, 0.717) is 12.3 Å². The number of nitrogens with one attached hydrogen (secondary N) is 2. The number of amides is 3. The number of carbonyl (C=O) groups is 2. The van der Waals surface area contributed by atoms with E-state index in [0.717, 1.165) is 11.1 Å². The van der Waals surface area contributed by atoms with Gasteiger partial charge in [0.25, 0.3) is 0 Å². The molecule has 0 aliphatic rings. The van der Waals surface area contributed by atoms with Gasteiger partial charge in [0, 0.05) is 12.3 Å². The van der Waals surface area contributed by atoms with Crippen LogP contribution < -0.4 is 16.4 Å². The third-order valence-electron chi connectivity index (χ3n) is 2.58. The zero-order valence-electron chi connectivity index (χ0n) is 10.8. The smallest absolute Gasteiger partial charge is 0.312 e. The van der Waals surface area contributed by atoms with Gasteiger partial charge in [-0.3, -0.25) is 4.79 Å². The lowest BCUT2D eigenvalue weighted by Crippen LogP contribution is -2.37. The Morgan fingerprint density at radius 1 is 1.42 bits per heavy atom. The first kappa shape index (κ1) is 15.4. The Balaban J connectivity index is 2.77. The van der Waals surface area contributed by atoms with E-state index in [-0.39, 0.29) is 12.3 Å². The van der Waals surface area contributed by atoms with Crippen LogP contribution in [-0.2, 0) is 4.79 Å². The van der Waals surface area contributed by atoms with E-state index in [9.17, 15) is 9.59 Å². The molecule has 0 spiro atoms. The molecule has 3 amide bonds. The SMILES string of the molecule is Cc1cccc(C(CC(=O)NCCS)NC(N)=O)c1. The molecule has 0 aromatic heterocycles. The molecule has 1 aromatic rings. The third-order valence-corrected chi connectivity index (χ3v) is 2.81. The summed E-state index contributed by atoms with van der Waals surface area (Å²) in [6.45, 7) is 2.45.